The van der Waals surface area contributed by atoms with Crippen molar-refractivity contribution < 1.29 is 34.5 Å². The number of allylic oxidation sites excluding steroid dienone is 1. The summed E-state index contributed by atoms with van der Waals surface area (Å²) in [6.45, 7) is 3.80. The second kappa shape index (κ2) is 6.82. The number of fused-ring (bicyclic) bond motifs is 5. The first-order chi connectivity index (χ1) is 13.9. The van der Waals surface area contributed by atoms with Crippen molar-refractivity contribution in [2.24, 2.45) is 28.6 Å². The van der Waals surface area contributed by atoms with Gasteiger partial charge in [-0.1, -0.05) is 19.4 Å². The SMILES string of the molecule is C[C@]12CCC(=O)C=C1CC[C@@H]1[C@@H]2C(=O)C[C@@]2(C)[C@H]1CC[C@]2(O)C(=O)C(O)CC(=O)[O-]. The molecule has 0 radical (unpaired) electrons. The van der Waals surface area contributed by atoms with Crippen LogP contribution in [0.2, 0.25) is 0 Å². The highest BCUT2D eigenvalue weighted by Gasteiger charge is 2.68. The molecule has 7 atom stereocenters. The van der Waals surface area contributed by atoms with Crippen LogP contribution in [-0.4, -0.2) is 45.2 Å². The van der Waals surface area contributed by atoms with Gasteiger partial charge in [-0.05, 0) is 55.4 Å². The summed E-state index contributed by atoms with van der Waals surface area (Å²) in [5, 5.41) is 32.3. The van der Waals surface area contributed by atoms with E-state index < -0.39 is 35.3 Å². The second-order valence-electron chi connectivity index (χ2n) is 10.3. The number of rotatable bonds is 4. The lowest BCUT2D eigenvalue weighted by Gasteiger charge is -2.57. The Morgan fingerprint density at radius 1 is 1.20 bits per heavy atom. The third-order valence-electron chi connectivity index (χ3n) is 8.88. The summed E-state index contributed by atoms with van der Waals surface area (Å²) in [6, 6.07) is 0. The lowest BCUT2D eigenvalue weighted by Crippen LogP contribution is -2.62. The molecule has 4 aliphatic carbocycles. The maximum Gasteiger partial charge on any atom is 0.193 e. The van der Waals surface area contributed by atoms with Crippen molar-refractivity contribution in [3.05, 3.63) is 11.6 Å². The second-order valence-corrected chi connectivity index (χ2v) is 10.3. The minimum atomic E-state index is -1.94. The number of carboxylic acids is 1. The van der Waals surface area contributed by atoms with E-state index >= 15 is 0 Å². The molecule has 1 unspecified atom stereocenters. The normalized spacial score (nSPS) is 43.9. The summed E-state index contributed by atoms with van der Waals surface area (Å²) < 4.78 is 0. The van der Waals surface area contributed by atoms with Crippen molar-refractivity contribution >= 4 is 23.3 Å². The zero-order valence-electron chi connectivity index (χ0n) is 17.5. The van der Waals surface area contributed by atoms with Gasteiger partial charge in [0.05, 0.1) is 0 Å². The highest BCUT2D eigenvalue weighted by atomic mass is 16.4. The minimum Gasteiger partial charge on any atom is -0.550 e. The van der Waals surface area contributed by atoms with Crippen LogP contribution in [0.4, 0.5) is 0 Å². The number of Topliss-reactive ketones (excluding diaryl/α,β-unsaturated/α-hetero) is 2. The van der Waals surface area contributed by atoms with Gasteiger partial charge in [-0.2, -0.15) is 0 Å². The molecule has 0 aliphatic heterocycles. The van der Waals surface area contributed by atoms with Crippen LogP contribution in [0, 0.1) is 28.6 Å². The molecule has 0 aromatic heterocycles. The van der Waals surface area contributed by atoms with Gasteiger partial charge in [-0.15, -0.1) is 0 Å². The predicted octanol–water partition coefficient (Wildman–Crippen LogP) is 0.498. The average Bonchev–Trinajstić information content (AvgIpc) is 2.92. The Labute approximate surface area is 175 Å². The number of hydrogen-bond acceptors (Lipinski definition) is 7. The molecule has 0 heterocycles. The molecule has 0 aromatic rings. The number of aliphatic carboxylic acids is 1. The largest absolute Gasteiger partial charge is 0.550 e. The van der Waals surface area contributed by atoms with Crippen LogP contribution >= 0.6 is 0 Å². The topological polar surface area (TPSA) is 132 Å². The molecule has 3 saturated carbocycles. The van der Waals surface area contributed by atoms with Gasteiger partial charge in [0.2, 0.25) is 0 Å². The van der Waals surface area contributed by atoms with Crippen LogP contribution < -0.4 is 5.11 Å². The summed E-state index contributed by atoms with van der Waals surface area (Å²) >= 11 is 0. The average molecular weight is 417 g/mol. The number of ketones is 3. The van der Waals surface area contributed by atoms with Gasteiger partial charge in [0.1, 0.15) is 17.5 Å². The Kier molecular flexibility index (Phi) is 4.86. The van der Waals surface area contributed by atoms with Crippen LogP contribution in [0.5, 0.6) is 0 Å². The molecule has 0 aromatic carbocycles. The Balaban J connectivity index is 1.68. The first-order valence-electron chi connectivity index (χ1n) is 10.9. The van der Waals surface area contributed by atoms with E-state index in [9.17, 15) is 34.5 Å². The zero-order valence-corrected chi connectivity index (χ0v) is 17.5. The first-order valence-corrected chi connectivity index (χ1v) is 10.9. The highest BCUT2D eigenvalue weighted by Crippen LogP contribution is 2.66. The van der Waals surface area contributed by atoms with Gasteiger partial charge in [0, 0.05) is 36.6 Å². The van der Waals surface area contributed by atoms with E-state index in [0.29, 0.717) is 19.3 Å². The molecule has 30 heavy (non-hydrogen) atoms. The Hall–Kier alpha value is -1.86. The number of hydrogen-bond donors (Lipinski definition) is 2. The fourth-order valence-corrected chi connectivity index (χ4v) is 7.32. The van der Waals surface area contributed by atoms with E-state index in [0.717, 1.165) is 18.4 Å². The van der Waals surface area contributed by atoms with Crippen LogP contribution in [-0.2, 0) is 19.2 Å². The lowest BCUT2D eigenvalue weighted by atomic mass is 9.45. The van der Waals surface area contributed by atoms with Gasteiger partial charge in [0.25, 0.3) is 0 Å². The van der Waals surface area contributed by atoms with E-state index in [2.05, 4.69) is 6.92 Å². The number of carboxylic acid groups (broad SMARTS) is 1. The number of carbonyl (C=O) groups is 4. The fraction of sp³-hybridized carbons (Fsp3) is 0.739. The quantitative estimate of drug-likeness (QED) is 0.681. The molecular weight excluding hydrogens is 388 g/mol. The predicted molar refractivity (Wildman–Crippen MR) is 103 cm³/mol. The Morgan fingerprint density at radius 2 is 1.90 bits per heavy atom. The van der Waals surface area contributed by atoms with Gasteiger partial charge in [0.15, 0.2) is 11.6 Å². The van der Waals surface area contributed by atoms with E-state index in [1.54, 1.807) is 13.0 Å². The van der Waals surface area contributed by atoms with Crippen LogP contribution in [0.15, 0.2) is 11.6 Å². The Morgan fingerprint density at radius 3 is 2.57 bits per heavy atom. The van der Waals surface area contributed by atoms with Crippen molar-refractivity contribution in [3.63, 3.8) is 0 Å². The number of aliphatic hydroxyl groups is 2. The number of aliphatic hydroxyl groups excluding tert-OH is 1. The maximum atomic E-state index is 13.5. The van der Waals surface area contributed by atoms with Crippen molar-refractivity contribution in [1.82, 2.24) is 0 Å². The van der Waals surface area contributed by atoms with Crippen molar-refractivity contribution in [3.8, 4) is 0 Å². The van der Waals surface area contributed by atoms with Crippen molar-refractivity contribution in [1.29, 1.82) is 0 Å². The summed E-state index contributed by atoms with van der Waals surface area (Å²) in [4.78, 5) is 49.2. The molecule has 4 aliphatic rings. The maximum absolute atomic E-state index is 13.5. The zero-order chi connectivity index (χ0) is 22.1. The van der Waals surface area contributed by atoms with Crippen LogP contribution in [0.1, 0.15) is 65.2 Å². The molecule has 0 amide bonds. The van der Waals surface area contributed by atoms with Crippen LogP contribution in [0.3, 0.4) is 0 Å². The molecule has 0 bridgehead atoms. The van der Waals surface area contributed by atoms with E-state index in [-0.39, 0.29) is 47.6 Å². The molecule has 2 N–H and O–H groups in total. The van der Waals surface area contributed by atoms with Crippen molar-refractivity contribution in [2.75, 3.05) is 0 Å². The third kappa shape index (κ3) is 2.78. The van der Waals surface area contributed by atoms with Gasteiger partial charge in [-0.3, -0.25) is 14.4 Å². The molecule has 7 nitrogen and oxygen atoms in total. The molecule has 3 fully saturated rings. The molecule has 0 spiro atoms. The molecule has 0 saturated heterocycles. The molecule has 164 valence electrons. The van der Waals surface area contributed by atoms with Gasteiger partial charge in [-0.25, -0.2) is 0 Å². The highest BCUT2D eigenvalue weighted by molar-refractivity contribution is 5.96. The van der Waals surface area contributed by atoms with E-state index in [4.69, 9.17) is 0 Å². The minimum absolute atomic E-state index is 0.00768. The molecule has 7 heteroatoms. The molecule has 4 rings (SSSR count). The third-order valence-corrected chi connectivity index (χ3v) is 8.88. The van der Waals surface area contributed by atoms with Gasteiger partial charge < -0.3 is 20.1 Å². The van der Waals surface area contributed by atoms with Gasteiger partial charge >= 0.3 is 0 Å². The molecular formula is C23H29O7-. The number of carbonyl (C=O) groups excluding carboxylic acids is 4. The summed E-state index contributed by atoms with van der Waals surface area (Å²) in [5.74, 6) is -2.72. The fourth-order valence-electron chi connectivity index (χ4n) is 7.32. The monoisotopic (exact) mass is 417 g/mol. The Bertz CT molecular complexity index is 860. The van der Waals surface area contributed by atoms with E-state index in [1.807, 2.05) is 0 Å². The standard InChI is InChI=1S/C23H30O7/c1-21-7-5-13(24)9-12(21)3-4-14-15-6-8-23(30,20(29)16(25)10-18(27)28)22(15,2)11-17(26)19(14)21/h9,14-16,19,25,30H,3-8,10-11H2,1-2H3,(H,27,28)/p-1/t14-,15-,16?,19+,21-,22-,23-/m0/s1. The summed E-state index contributed by atoms with van der Waals surface area (Å²) in [6.07, 6.45) is 2.15. The van der Waals surface area contributed by atoms with Crippen molar-refractivity contribution in [2.45, 2.75) is 76.9 Å². The summed E-state index contributed by atoms with van der Waals surface area (Å²) in [5.41, 5.74) is -2.30. The summed E-state index contributed by atoms with van der Waals surface area (Å²) in [7, 11) is 0. The van der Waals surface area contributed by atoms with Crippen LogP contribution in [0.25, 0.3) is 0 Å². The first kappa shape index (κ1) is 21.4. The smallest absolute Gasteiger partial charge is 0.193 e. The van der Waals surface area contributed by atoms with E-state index in [1.165, 1.54) is 0 Å². The lowest BCUT2D eigenvalue weighted by molar-refractivity contribution is -0.307.